The maximum atomic E-state index is 12.0. The Labute approximate surface area is 98.0 Å². The van der Waals surface area contributed by atoms with Crippen molar-refractivity contribution in [2.45, 2.75) is 38.1 Å². The van der Waals surface area contributed by atoms with Gasteiger partial charge in [-0.2, -0.15) is 0 Å². The Balaban J connectivity index is 1.77. The van der Waals surface area contributed by atoms with Crippen LogP contribution in [0.1, 0.15) is 32.1 Å². The number of piperidine rings is 2. The fourth-order valence-electron chi connectivity index (χ4n) is 2.65. The summed E-state index contributed by atoms with van der Waals surface area (Å²) in [5.74, 6) is 0. The second-order valence-electron chi connectivity index (χ2n) is 5.10. The first-order valence-corrected chi connectivity index (χ1v) is 6.50. The second-order valence-corrected chi connectivity index (χ2v) is 5.10. The molecular weight excluding hydrogens is 202 g/mol. The molecule has 0 spiro atoms. The van der Waals surface area contributed by atoms with E-state index < -0.39 is 0 Å². The average molecular weight is 225 g/mol. The van der Waals surface area contributed by atoms with Crippen molar-refractivity contribution in [3.05, 3.63) is 0 Å². The maximum absolute atomic E-state index is 12.0. The molecule has 0 aliphatic carbocycles. The van der Waals surface area contributed by atoms with Crippen LogP contribution < -0.4 is 5.32 Å². The molecule has 4 nitrogen and oxygen atoms in total. The van der Waals surface area contributed by atoms with E-state index in [4.69, 9.17) is 0 Å². The highest BCUT2D eigenvalue weighted by molar-refractivity contribution is 5.74. The predicted molar refractivity (Wildman–Crippen MR) is 64.5 cm³/mol. The molecule has 2 aliphatic rings. The summed E-state index contributed by atoms with van der Waals surface area (Å²) in [4.78, 5) is 16.2. The number of likely N-dealkylation sites (N-methyl/N-ethyl adjacent to an activating group) is 1. The molecule has 2 heterocycles. The first-order valence-electron chi connectivity index (χ1n) is 6.50. The van der Waals surface area contributed by atoms with Gasteiger partial charge in [-0.15, -0.1) is 0 Å². The Morgan fingerprint density at radius 1 is 1.12 bits per heavy atom. The molecule has 0 aromatic heterocycles. The fourth-order valence-corrected chi connectivity index (χ4v) is 2.65. The lowest BCUT2D eigenvalue weighted by atomic mass is 10.1. The number of hydrogen-bond donors (Lipinski definition) is 1. The third-order valence-electron chi connectivity index (χ3n) is 3.60. The molecule has 4 heteroatoms. The van der Waals surface area contributed by atoms with Crippen molar-refractivity contribution < 1.29 is 4.79 Å². The number of likely N-dealkylation sites (tertiary alicyclic amines) is 2. The van der Waals surface area contributed by atoms with Gasteiger partial charge in [0.25, 0.3) is 0 Å². The molecule has 92 valence electrons. The van der Waals surface area contributed by atoms with Crippen LogP contribution in [0.25, 0.3) is 0 Å². The Kier molecular flexibility index (Phi) is 4.04. The first-order chi connectivity index (χ1) is 7.75. The summed E-state index contributed by atoms with van der Waals surface area (Å²) < 4.78 is 0. The van der Waals surface area contributed by atoms with Crippen LogP contribution in [0.5, 0.6) is 0 Å². The summed E-state index contributed by atoms with van der Waals surface area (Å²) in [7, 11) is 2.12. The van der Waals surface area contributed by atoms with Crippen molar-refractivity contribution >= 4 is 6.03 Å². The Morgan fingerprint density at radius 2 is 1.88 bits per heavy atom. The average Bonchev–Trinajstić information content (AvgIpc) is 2.30. The molecule has 2 amide bonds. The highest BCUT2D eigenvalue weighted by atomic mass is 16.2. The van der Waals surface area contributed by atoms with E-state index in [2.05, 4.69) is 17.3 Å². The van der Waals surface area contributed by atoms with E-state index in [1.54, 1.807) is 0 Å². The van der Waals surface area contributed by atoms with E-state index in [-0.39, 0.29) is 6.03 Å². The molecule has 0 bridgehead atoms. The number of urea groups is 1. The highest BCUT2D eigenvalue weighted by Gasteiger charge is 2.22. The lowest BCUT2D eigenvalue weighted by Crippen LogP contribution is -2.51. The van der Waals surface area contributed by atoms with E-state index >= 15 is 0 Å². The number of nitrogens with one attached hydrogen (secondary N) is 1. The molecular formula is C12H23N3O. The summed E-state index contributed by atoms with van der Waals surface area (Å²) in [5, 5.41) is 3.16. The molecule has 2 rings (SSSR count). The van der Waals surface area contributed by atoms with Gasteiger partial charge in [0.1, 0.15) is 0 Å². The number of carbonyl (C=O) groups is 1. The van der Waals surface area contributed by atoms with Gasteiger partial charge in [-0.25, -0.2) is 4.79 Å². The molecule has 16 heavy (non-hydrogen) atoms. The van der Waals surface area contributed by atoms with Crippen LogP contribution in [0.3, 0.4) is 0 Å². The van der Waals surface area contributed by atoms with Crippen molar-refractivity contribution in [3.63, 3.8) is 0 Å². The molecule has 1 atom stereocenters. The Morgan fingerprint density at radius 3 is 2.56 bits per heavy atom. The minimum atomic E-state index is 0.153. The van der Waals surface area contributed by atoms with Crippen LogP contribution in [-0.2, 0) is 0 Å². The van der Waals surface area contributed by atoms with E-state index in [1.807, 2.05) is 4.90 Å². The number of hydrogen-bond acceptors (Lipinski definition) is 2. The van der Waals surface area contributed by atoms with E-state index in [0.29, 0.717) is 6.04 Å². The van der Waals surface area contributed by atoms with Crippen LogP contribution >= 0.6 is 0 Å². The summed E-state index contributed by atoms with van der Waals surface area (Å²) in [6.45, 7) is 4.04. The largest absolute Gasteiger partial charge is 0.334 e. The lowest BCUT2D eigenvalue weighted by molar-refractivity contribution is 0.169. The van der Waals surface area contributed by atoms with Crippen molar-refractivity contribution in [2.24, 2.45) is 0 Å². The number of nitrogens with zero attached hydrogens (tertiary/aromatic N) is 2. The number of rotatable bonds is 1. The lowest BCUT2D eigenvalue weighted by Gasteiger charge is -2.33. The fraction of sp³-hybridized carbons (Fsp3) is 0.917. The number of amides is 2. The topological polar surface area (TPSA) is 35.6 Å². The molecule has 0 aromatic carbocycles. The molecule has 2 aliphatic heterocycles. The predicted octanol–water partition coefficient (Wildman–Crippen LogP) is 1.28. The molecule has 2 fully saturated rings. The molecule has 0 aromatic rings. The first kappa shape index (κ1) is 11.7. The highest BCUT2D eigenvalue weighted by Crippen LogP contribution is 2.11. The minimum Gasteiger partial charge on any atom is -0.334 e. The maximum Gasteiger partial charge on any atom is 0.317 e. The summed E-state index contributed by atoms with van der Waals surface area (Å²) in [5.41, 5.74) is 0. The third kappa shape index (κ3) is 3.11. The smallest absolute Gasteiger partial charge is 0.317 e. The molecule has 1 unspecified atom stereocenters. The van der Waals surface area contributed by atoms with Crippen molar-refractivity contribution in [1.82, 2.24) is 15.1 Å². The monoisotopic (exact) mass is 225 g/mol. The van der Waals surface area contributed by atoms with Crippen LogP contribution in [0, 0.1) is 0 Å². The third-order valence-corrected chi connectivity index (χ3v) is 3.60. The van der Waals surface area contributed by atoms with Crippen LogP contribution in [0.4, 0.5) is 4.79 Å². The van der Waals surface area contributed by atoms with Gasteiger partial charge in [0.05, 0.1) is 0 Å². The van der Waals surface area contributed by atoms with Gasteiger partial charge in [-0.05, 0) is 45.7 Å². The summed E-state index contributed by atoms with van der Waals surface area (Å²) in [6, 6.07) is 0.508. The molecule has 2 saturated heterocycles. The second kappa shape index (κ2) is 5.53. The molecule has 1 N–H and O–H groups in total. The summed E-state index contributed by atoms with van der Waals surface area (Å²) in [6.07, 6.45) is 5.93. The van der Waals surface area contributed by atoms with Gasteiger partial charge in [-0.1, -0.05) is 0 Å². The zero-order valence-electron chi connectivity index (χ0n) is 10.2. The van der Waals surface area contributed by atoms with Crippen LogP contribution in [0.2, 0.25) is 0 Å². The van der Waals surface area contributed by atoms with Crippen LogP contribution in [0.15, 0.2) is 0 Å². The van der Waals surface area contributed by atoms with E-state index in [0.717, 1.165) is 45.4 Å². The number of carbonyl (C=O) groups excluding carboxylic acids is 1. The van der Waals surface area contributed by atoms with Gasteiger partial charge >= 0.3 is 6.03 Å². The SMILES string of the molecule is CN1CCCC(NC(=O)N2CCCCC2)C1. The normalized spacial score (nSPS) is 27.8. The van der Waals surface area contributed by atoms with Gasteiger partial charge < -0.3 is 15.1 Å². The van der Waals surface area contributed by atoms with Crippen LogP contribution in [-0.4, -0.2) is 55.1 Å². The van der Waals surface area contributed by atoms with Crippen molar-refractivity contribution in [2.75, 3.05) is 33.2 Å². The Bertz CT molecular complexity index is 238. The van der Waals surface area contributed by atoms with Crippen molar-refractivity contribution in [3.8, 4) is 0 Å². The quantitative estimate of drug-likeness (QED) is 0.729. The molecule has 0 saturated carbocycles. The standard InChI is InChI=1S/C12H23N3O/c1-14-7-5-6-11(10-14)13-12(16)15-8-3-2-4-9-15/h11H,2-10H2,1H3,(H,13,16). The summed E-state index contributed by atoms with van der Waals surface area (Å²) >= 11 is 0. The van der Waals surface area contributed by atoms with Gasteiger partial charge in [0, 0.05) is 25.7 Å². The van der Waals surface area contributed by atoms with Gasteiger partial charge in [-0.3, -0.25) is 0 Å². The van der Waals surface area contributed by atoms with Crippen molar-refractivity contribution in [1.29, 1.82) is 0 Å². The van der Waals surface area contributed by atoms with E-state index in [9.17, 15) is 4.79 Å². The zero-order valence-corrected chi connectivity index (χ0v) is 10.2. The zero-order chi connectivity index (χ0) is 11.4. The Hall–Kier alpha value is -0.770. The van der Waals surface area contributed by atoms with Gasteiger partial charge in [0.2, 0.25) is 0 Å². The minimum absolute atomic E-state index is 0.153. The molecule has 0 radical (unpaired) electrons. The van der Waals surface area contributed by atoms with Gasteiger partial charge in [0.15, 0.2) is 0 Å². The van der Waals surface area contributed by atoms with E-state index in [1.165, 1.54) is 12.8 Å².